The van der Waals surface area contributed by atoms with Crippen molar-refractivity contribution in [2.45, 2.75) is 18.4 Å². The van der Waals surface area contributed by atoms with E-state index in [1.807, 2.05) is 79.7 Å². The van der Waals surface area contributed by atoms with Gasteiger partial charge in [-0.15, -0.1) is 0 Å². The van der Waals surface area contributed by atoms with Crippen LogP contribution in [0.1, 0.15) is 23.5 Å². The van der Waals surface area contributed by atoms with Crippen LogP contribution in [0.2, 0.25) is 0 Å². The van der Waals surface area contributed by atoms with E-state index in [9.17, 15) is 19.5 Å². The molecule has 8 nitrogen and oxygen atoms in total. The van der Waals surface area contributed by atoms with Crippen LogP contribution in [-0.4, -0.2) is 49.8 Å². The normalized spacial score (nSPS) is 12.7. The molecule has 0 aliphatic heterocycles. The maximum atomic E-state index is 12.7. The van der Waals surface area contributed by atoms with Gasteiger partial charge in [0.1, 0.15) is 12.6 Å². The highest BCUT2D eigenvalue weighted by Gasteiger charge is 2.30. The molecule has 0 spiro atoms. The smallest absolute Gasteiger partial charge is 0.407 e. The molecule has 0 fully saturated rings. The highest BCUT2D eigenvalue weighted by molar-refractivity contribution is 5.98. The van der Waals surface area contributed by atoms with Crippen molar-refractivity contribution in [2.24, 2.45) is 0 Å². The summed E-state index contributed by atoms with van der Waals surface area (Å²) in [5, 5.41) is 14.3. The molecule has 1 atom stereocenters. The van der Waals surface area contributed by atoms with E-state index in [-0.39, 0.29) is 12.5 Å². The fourth-order valence-electron chi connectivity index (χ4n) is 4.24. The van der Waals surface area contributed by atoms with E-state index in [0.717, 1.165) is 27.9 Å². The van der Waals surface area contributed by atoms with Crippen molar-refractivity contribution in [2.75, 3.05) is 30.9 Å². The molecule has 0 bridgehead atoms. The second kappa shape index (κ2) is 10.3. The van der Waals surface area contributed by atoms with E-state index in [1.165, 1.54) is 0 Å². The molecular weight excluding hydrogens is 446 g/mol. The Labute approximate surface area is 203 Å². The van der Waals surface area contributed by atoms with E-state index in [1.54, 1.807) is 12.1 Å². The van der Waals surface area contributed by atoms with Gasteiger partial charge < -0.3 is 25.4 Å². The Hall–Kier alpha value is -4.33. The number of hydrogen-bond acceptors (Lipinski definition) is 5. The highest BCUT2D eigenvalue weighted by Crippen LogP contribution is 2.44. The molecule has 0 saturated heterocycles. The van der Waals surface area contributed by atoms with Gasteiger partial charge in [0.25, 0.3) is 0 Å². The quantitative estimate of drug-likeness (QED) is 0.455. The predicted octanol–water partition coefficient (Wildman–Crippen LogP) is 4.07. The fourth-order valence-corrected chi connectivity index (χ4v) is 4.24. The number of hydrogen-bond donors (Lipinski definition) is 3. The van der Waals surface area contributed by atoms with E-state index >= 15 is 0 Å². The summed E-state index contributed by atoms with van der Waals surface area (Å²) in [4.78, 5) is 38.6. The first-order valence-corrected chi connectivity index (χ1v) is 11.2. The van der Waals surface area contributed by atoms with Gasteiger partial charge in [-0.1, -0.05) is 48.5 Å². The van der Waals surface area contributed by atoms with Gasteiger partial charge in [-0.25, -0.2) is 4.79 Å². The Morgan fingerprint density at radius 2 is 1.49 bits per heavy atom. The Bertz CT molecular complexity index is 1190. The number of carboxylic acid groups (broad SMARTS) is 1. The SMILES string of the molecule is CN(C)c1ccc(NC(=O)C(CC(=O)O)NC(=O)OCC2c3ccccc3-c3ccccc32)cc1. The molecule has 0 aromatic heterocycles. The zero-order valence-corrected chi connectivity index (χ0v) is 19.5. The van der Waals surface area contributed by atoms with Gasteiger partial charge in [0.2, 0.25) is 5.91 Å². The molecular formula is C27H27N3O5. The lowest BCUT2D eigenvalue weighted by Gasteiger charge is -2.19. The monoisotopic (exact) mass is 473 g/mol. The molecule has 180 valence electrons. The third-order valence-corrected chi connectivity index (χ3v) is 5.98. The standard InChI is InChI=1S/C27H27N3O5/c1-30(2)18-13-11-17(12-14-18)28-26(33)24(15-25(31)32)29-27(34)35-16-23-21-9-5-3-7-19(21)20-8-4-6-10-22(20)23/h3-14,23-24H,15-16H2,1-2H3,(H,28,33)(H,29,34)(H,31,32). The summed E-state index contributed by atoms with van der Waals surface area (Å²) in [6, 6.07) is 21.6. The average molecular weight is 474 g/mol. The molecule has 3 aromatic carbocycles. The topological polar surface area (TPSA) is 108 Å². The van der Waals surface area contributed by atoms with Crippen LogP contribution in [0, 0.1) is 0 Å². The van der Waals surface area contributed by atoms with Gasteiger partial charge in [-0.05, 0) is 46.5 Å². The molecule has 1 aliphatic carbocycles. The van der Waals surface area contributed by atoms with Crippen LogP contribution in [0.25, 0.3) is 11.1 Å². The van der Waals surface area contributed by atoms with Crippen molar-refractivity contribution < 1.29 is 24.2 Å². The molecule has 3 N–H and O–H groups in total. The van der Waals surface area contributed by atoms with Crippen LogP contribution < -0.4 is 15.5 Å². The molecule has 0 heterocycles. The van der Waals surface area contributed by atoms with Crippen molar-refractivity contribution in [3.63, 3.8) is 0 Å². The Morgan fingerprint density at radius 3 is 2.03 bits per heavy atom. The van der Waals surface area contributed by atoms with Gasteiger partial charge in [0, 0.05) is 31.4 Å². The highest BCUT2D eigenvalue weighted by atomic mass is 16.5. The summed E-state index contributed by atoms with van der Waals surface area (Å²) in [6.45, 7) is 0.0628. The maximum absolute atomic E-state index is 12.7. The van der Waals surface area contributed by atoms with Crippen molar-refractivity contribution in [1.82, 2.24) is 5.32 Å². The number of amides is 2. The minimum absolute atomic E-state index is 0.0628. The van der Waals surface area contributed by atoms with Crippen LogP contribution >= 0.6 is 0 Å². The molecule has 1 unspecified atom stereocenters. The molecule has 4 rings (SSSR count). The summed E-state index contributed by atoms with van der Waals surface area (Å²) < 4.78 is 5.47. The van der Waals surface area contributed by atoms with Crippen LogP contribution in [0.15, 0.2) is 72.8 Å². The number of anilines is 2. The second-order valence-corrected chi connectivity index (χ2v) is 8.55. The van der Waals surface area contributed by atoms with Crippen molar-refractivity contribution >= 4 is 29.3 Å². The van der Waals surface area contributed by atoms with Crippen LogP contribution in [-0.2, 0) is 14.3 Å². The minimum atomic E-state index is -1.29. The number of fused-ring (bicyclic) bond motifs is 3. The number of nitrogens with zero attached hydrogens (tertiary/aromatic N) is 1. The largest absolute Gasteiger partial charge is 0.481 e. The lowest BCUT2D eigenvalue weighted by molar-refractivity contribution is -0.139. The summed E-state index contributed by atoms with van der Waals surface area (Å²) in [7, 11) is 3.80. The zero-order chi connectivity index (χ0) is 24.9. The third kappa shape index (κ3) is 5.43. The number of ether oxygens (including phenoxy) is 1. The molecule has 0 radical (unpaired) electrons. The van der Waals surface area contributed by atoms with Gasteiger partial charge in [-0.3, -0.25) is 9.59 Å². The van der Waals surface area contributed by atoms with Crippen molar-refractivity contribution in [3.05, 3.63) is 83.9 Å². The van der Waals surface area contributed by atoms with Gasteiger partial charge >= 0.3 is 12.1 Å². The molecule has 3 aromatic rings. The van der Waals surface area contributed by atoms with E-state index in [4.69, 9.17) is 4.74 Å². The van der Waals surface area contributed by atoms with Crippen molar-refractivity contribution in [1.29, 1.82) is 0 Å². The van der Waals surface area contributed by atoms with Gasteiger partial charge in [0.15, 0.2) is 0 Å². The van der Waals surface area contributed by atoms with Gasteiger partial charge in [-0.2, -0.15) is 0 Å². The Balaban J connectivity index is 1.41. The lowest BCUT2D eigenvalue weighted by atomic mass is 9.98. The lowest BCUT2D eigenvalue weighted by Crippen LogP contribution is -2.45. The van der Waals surface area contributed by atoms with Crippen LogP contribution in [0.3, 0.4) is 0 Å². The first-order chi connectivity index (χ1) is 16.8. The number of carboxylic acids is 1. The predicted molar refractivity (Wildman–Crippen MR) is 134 cm³/mol. The first-order valence-electron chi connectivity index (χ1n) is 11.2. The minimum Gasteiger partial charge on any atom is -0.481 e. The number of carbonyl (C=O) groups excluding carboxylic acids is 2. The number of aliphatic carboxylic acids is 1. The van der Waals surface area contributed by atoms with E-state index in [0.29, 0.717) is 5.69 Å². The summed E-state index contributed by atoms with van der Waals surface area (Å²) >= 11 is 0. The second-order valence-electron chi connectivity index (χ2n) is 8.55. The Morgan fingerprint density at radius 1 is 0.914 bits per heavy atom. The summed E-state index contributed by atoms with van der Waals surface area (Å²) in [6.07, 6.45) is -1.43. The van der Waals surface area contributed by atoms with E-state index in [2.05, 4.69) is 10.6 Å². The van der Waals surface area contributed by atoms with Crippen molar-refractivity contribution in [3.8, 4) is 11.1 Å². The number of nitrogens with one attached hydrogen (secondary N) is 2. The molecule has 8 heteroatoms. The van der Waals surface area contributed by atoms with Gasteiger partial charge in [0.05, 0.1) is 6.42 Å². The maximum Gasteiger partial charge on any atom is 0.407 e. The molecule has 2 amide bonds. The number of carbonyl (C=O) groups is 3. The fraction of sp³-hybridized carbons (Fsp3) is 0.222. The summed E-state index contributed by atoms with van der Waals surface area (Å²) in [5.41, 5.74) is 5.75. The molecule has 1 aliphatic rings. The molecule has 35 heavy (non-hydrogen) atoms. The van der Waals surface area contributed by atoms with Crippen LogP contribution in [0.5, 0.6) is 0 Å². The number of rotatable bonds is 8. The molecule has 0 saturated carbocycles. The summed E-state index contributed by atoms with van der Waals surface area (Å²) in [5.74, 6) is -2.00. The zero-order valence-electron chi connectivity index (χ0n) is 19.5. The van der Waals surface area contributed by atoms with Crippen LogP contribution in [0.4, 0.5) is 16.2 Å². The Kier molecular flexibility index (Phi) is 7.01. The average Bonchev–Trinajstić information content (AvgIpc) is 3.16. The third-order valence-electron chi connectivity index (χ3n) is 5.98. The number of alkyl carbamates (subject to hydrolysis) is 1. The number of benzene rings is 3. The first kappa shape index (κ1) is 23.8. The van der Waals surface area contributed by atoms with E-state index < -0.39 is 30.4 Å².